The second-order valence-corrected chi connectivity index (χ2v) is 8.32. The Kier molecular flexibility index (Phi) is 5.03. The molecule has 2 aromatic carbocycles. The Balaban J connectivity index is 1.44. The zero-order valence-corrected chi connectivity index (χ0v) is 17.1. The molecule has 2 aliphatic heterocycles. The Hall–Kier alpha value is -3.08. The summed E-state index contributed by atoms with van der Waals surface area (Å²) in [6.45, 7) is 2.13. The number of benzene rings is 2. The average molecular weight is 402 g/mol. The number of aromatic nitrogens is 1. The Labute approximate surface area is 176 Å². The van der Waals surface area contributed by atoms with Crippen LogP contribution in [0.2, 0.25) is 0 Å². The van der Waals surface area contributed by atoms with Crippen LogP contribution in [0.5, 0.6) is 0 Å². The van der Waals surface area contributed by atoms with E-state index in [0.29, 0.717) is 13.0 Å². The summed E-state index contributed by atoms with van der Waals surface area (Å²) < 4.78 is 0. The summed E-state index contributed by atoms with van der Waals surface area (Å²) in [6, 6.07) is 15.8. The first kappa shape index (κ1) is 18.9. The molecular weight excluding hydrogens is 374 g/mol. The van der Waals surface area contributed by atoms with Crippen LogP contribution in [0.3, 0.4) is 0 Å². The van der Waals surface area contributed by atoms with E-state index in [4.69, 9.17) is 0 Å². The van der Waals surface area contributed by atoms with Crippen LogP contribution >= 0.6 is 0 Å². The zero-order chi connectivity index (χ0) is 20.5. The molecule has 154 valence electrons. The Morgan fingerprint density at radius 2 is 1.67 bits per heavy atom. The van der Waals surface area contributed by atoms with Crippen molar-refractivity contribution < 1.29 is 9.59 Å². The molecule has 2 aliphatic rings. The van der Waals surface area contributed by atoms with E-state index in [2.05, 4.69) is 17.1 Å². The van der Waals surface area contributed by atoms with Crippen molar-refractivity contribution in [3.05, 3.63) is 71.4 Å². The predicted octanol–water partition coefficient (Wildman–Crippen LogP) is 4.51. The number of nitrogens with one attached hydrogen (secondary N) is 1. The largest absolute Gasteiger partial charge is 0.361 e. The maximum Gasteiger partial charge on any atom is 0.255 e. The van der Waals surface area contributed by atoms with E-state index >= 15 is 0 Å². The molecule has 1 fully saturated rings. The molecule has 0 spiro atoms. The monoisotopic (exact) mass is 401 g/mol. The van der Waals surface area contributed by atoms with Gasteiger partial charge >= 0.3 is 0 Å². The summed E-state index contributed by atoms with van der Waals surface area (Å²) in [5.74, 6) is 0.183. The van der Waals surface area contributed by atoms with E-state index in [1.54, 1.807) is 0 Å². The van der Waals surface area contributed by atoms with Crippen LogP contribution in [0.1, 0.15) is 59.6 Å². The quantitative estimate of drug-likeness (QED) is 0.699. The van der Waals surface area contributed by atoms with Gasteiger partial charge < -0.3 is 14.8 Å². The summed E-state index contributed by atoms with van der Waals surface area (Å²) in [5, 5.41) is 1.12. The molecule has 1 aromatic heterocycles. The molecule has 0 aliphatic carbocycles. The van der Waals surface area contributed by atoms with Crippen LogP contribution < -0.4 is 0 Å². The molecule has 3 heterocycles. The standard InChI is InChI=1S/C25H27N3O2/c29-23(27-14-7-1-2-8-15-27)13-16-28-24(19-10-3-4-11-20(19)25(28)30)21-17-26-22-12-6-5-9-18(21)22/h3-6,9-12,17,24,26H,1-2,7-8,13-16H2/t24-/m1/s1. The molecule has 1 saturated heterocycles. The van der Waals surface area contributed by atoms with Gasteiger partial charge in [-0.1, -0.05) is 49.2 Å². The van der Waals surface area contributed by atoms with Crippen LogP contribution in [0.25, 0.3) is 10.9 Å². The summed E-state index contributed by atoms with van der Waals surface area (Å²) in [4.78, 5) is 33.4. The normalized spacial score (nSPS) is 19.2. The molecule has 5 rings (SSSR count). The van der Waals surface area contributed by atoms with E-state index in [1.807, 2.05) is 52.4 Å². The van der Waals surface area contributed by atoms with Crippen molar-refractivity contribution in [3.63, 3.8) is 0 Å². The number of aromatic amines is 1. The first-order chi connectivity index (χ1) is 14.7. The fourth-order valence-corrected chi connectivity index (χ4v) is 4.95. The maximum atomic E-state index is 13.3. The van der Waals surface area contributed by atoms with Crippen molar-refractivity contribution in [2.24, 2.45) is 0 Å². The third-order valence-electron chi connectivity index (χ3n) is 6.50. The van der Waals surface area contributed by atoms with Gasteiger partial charge in [-0.25, -0.2) is 0 Å². The van der Waals surface area contributed by atoms with Crippen LogP contribution in [0.15, 0.2) is 54.7 Å². The van der Waals surface area contributed by atoms with Crippen molar-refractivity contribution in [2.45, 2.75) is 38.1 Å². The fraction of sp³-hybridized carbons (Fsp3) is 0.360. The van der Waals surface area contributed by atoms with Gasteiger partial charge in [0, 0.05) is 54.3 Å². The number of rotatable bonds is 4. The van der Waals surface area contributed by atoms with Crippen molar-refractivity contribution >= 4 is 22.7 Å². The molecule has 30 heavy (non-hydrogen) atoms. The second kappa shape index (κ2) is 7.98. The predicted molar refractivity (Wildman–Crippen MR) is 117 cm³/mol. The van der Waals surface area contributed by atoms with E-state index < -0.39 is 0 Å². The number of nitrogens with zero attached hydrogens (tertiary/aromatic N) is 2. The molecule has 3 aromatic rings. The summed E-state index contributed by atoms with van der Waals surface area (Å²) in [7, 11) is 0. The van der Waals surface area contributed by atoms with E-state index in [9.17, 15) is 9.59 Å². The number of hydrogen-bond donors (Lipinski definition) is 1. The van der Waals surface area contributed by atoms with Gasteiger partial charge in [-0.15, -0.1) is 0 Å². The number of fused-ring (bicyclic) bond motifs is 2. The highest BCUT2D eigenvalue weighted by molar-refractivity contribution is 6.01. The Bertz CT molecular complexity index is 1080. The number of H-pyrrole nitrogens is 1. The molecule has 5 nitrogen and oxygen atoms in total. The highest BCUT2D eigenvalue weighted by Crippen LogP contribution is 2.41. The second-order valence-electron chi connectivity index (χ2n) is 8.32. The lowest BCUT2D eigenvalue weighted by Crippen LogP contribution is -2.36. The summed E-state index contributed by atoms with van der Waals surface area (Å²) in [6.07, 6.45) is 6.95. The number of carbonyl (C=O) groups excluding carboxylic acids is 2. The number of likely N-dealkylation sites (tertiary alicyclic amines) is 1. The first-order valence-electron chi connectivity index (χ1n) is 11.0. The molecule has 2 amide bonds. The number of amides is 2. The van der Waals surface area contributed by atoms with Gasteiger partial charge in [0.15, 0.2) is 0 Å². The minimum atomic E-state index is -0.165. The third kappa shape index (κ3) is 3.28. The van der Waals surface area contributed by atoms with Gasteiger partial charge in [-0.05, 0) is 30.5 Å². The SMILES string of the molecule is O=C(CCN1C(=O)c2ccccc2[C@@H]1c1c[nH]c2ccccc12)N1CCCCCC1. The summed E-state index contributed by atoms with van der Waals surface area (Å²) in [5.41, 5.74) is 3.92. The van der Waals surface area contributed by atoms with Gasteiger partial charge in [-0.2, -0.15) is 0 Å². The average Bonchev–Trinajstić information content (AvgIpc) is 3.17. The zero-order valence-electron chi connectivity index (χ0n) is 17.1. The topological polar surface area (TPSA) is 56.4 Å². The summed E-state index contributed by atoms with van der Waals surface area (Å²) >= 11 is 0. The molecule has 0 saturated carbocycles. The van der Waals surface area contributed by atoms with Crippen LogP contribution in [-0.4, -0.2) is 46.2 Å². The van der Waals surface area contributed by atoms with Crippen molar-refractivity contribution in [1.29, 1.82) is 0 Å². The minimum Gasteiger partial charge on any atom is -0.361 e. The minimum absolute atomic E-state index is 0.0181. The lowest BCUT2D eigenvalue weighted by molar-refractivity contribution is -0.131. The molecule has 0 bridgehead atoms. The van der Waals surface area contributed by atoms with Crippen molar-refractivity contribution in [3.8, 4) is 0 Å². The smallest absolute Gasteiger partial charge is 0.255 e. The molecular formula is C25H27N3O2. The fourth-order valence-electron chi connectivity index (χ4n) is 4.95. The number of para-hydroxylation sites is 1. The molecule has 0 unspecified atom stereocenters. The molecule has 1 N–H and O–H groups in total. The lowest BCUT2D eigenvalue weighted by Gasteiger charge is -2.27. The number of hydrogen-bond acceptors (Lipinski definition) is 2. The van der Waals surface area contributed by atoms with E-state index in [-0.39, 0.29) is 17.9 Å². The lowest BCUT2D eigenvalue weighted by atomic mass is 9.97. The van der Waals surface area contributed by atoms with E-state index in [1.165, 1.54) is 12.8 Å². The number of carbonyl (C=O) groups is 2. The van der Waals surface area contributed by atoms with E-state index in [0.717, 1.165) is 53.5 Å². The first-order valence-corrected chi connectivity index (χ1v) is 11.0. The highest BCUT2D eigenvalue weighted by atomic mass is 16.2. The van der Waals surface area contributed by atoms with Crippen molar-refractivity contribution in [2.75, 3.05) is 19.6 Å². The molecule has 1 atom stereocenters. The maximum absolute atomic E-state index is 13.3. The van der Waals surface area contributed by atoms with Crippen molar-refractivity contribution in [1.82, 2.24) is 14.8 Å². The van der Waals surface area contributed by atoms with Gasteiger partial charge in [-0.3, -0.25) is 9.59 Å². The molecule has 5 heteroatoms. The van der Waals surface area contributed by atoms with Gasteiger partial charge in [0.05, 0.1) is 6.04 Å². The third-order valence-corrected chi connectivity index (χ3v) is 6.50. The van der Waals surface area contributed by atoms with Gasteiger partial charge in [0.1, 0.15) is 0 Å². The van der Waals surface area contributed by atoms with Crippen LogP contribution in [0.4, 0.5) is 0 Å². The Morgan fingerprint density at radius 3 is 2.50 bits per heavy atom. The molecule has 0 radical (unpaired) electrons. The van der Waals surface area contributed by atoms with Gasteiger partial charge in [0.25, 0.3) is 5.91 Å². The Morgan fingerprint density at radius 1 is 0.933 bits per heavy atom. The highest BCUT2D eigenvalue weighted by Gasteiger charge is 2.38. The van der Waals surface area contributed by atoms with Crippen LogP contribution in [0, 0.1) is 0 Å². The van der Waals surface area contributed by atoms with Crippen LogP contribution in [-0.2, 0) is 4.79 Å². The van der Waals surface area contributed by atoms with Gasteiger partial charge in [0.2, 0.25) is 5.91 Å².